The topological polar surface area (TPSA) is 21.6 Å². The van der Waals surface area contributed by atoms with Crippen molar-refractivity contribution in [2.75, 3.05) is 18.9 Å². The van der Waals surface area contributed by atoms with Gasteiger partial charge in [-0.1, -0.05) is 6.07 Å². The molecule has 0 unspecified atom stereocenters. The van der Waals surface area contributed by atoms with E-state index in [2.05, 4.69) is 31.0 Å². The Balaban J connectivity index is 1.71. The summed E-state index contributed by atoms with van der Waals surface area (Å²) in [4.78, 5) is 4.52. The minimum absolute atomic E-state index is 0.756. The molecule has 0 saturated carbocycles. The van der Waals surface area contributed by atoms with Crippen LogP contribution in [-0.4, -0.2) is 23.9 Å². The van der Waals surface area contributed by atoms with Crippen LogP contribution in [0.2, 0.25) is 0 Å². The predicted octanol–water partition coefficient (Wildman–Crippen LogP) is 4.00. The van der Waals surface area contributed by atoms with Crippen LogP contribution in [0.1, 0.15) is 30.4 Å². The second-order valence-corrected chi connectivity index (χ2v) is 5.84. The molecule has 3 heteroatoms. The molecule has 0 saturated heterocycles. The minimum Gasteiger partial charge on any atom is -0.493 e. The Bertz CT molecular complexity index is 429. The standard InChI is InChI=1S/C15H21NOS/c1-12-6-7-14(11-13(12)2)17-9-10-18-15-5-3-4-8-16-15/h6-7,11H,3-5,8-10H2,1-2H3. The predicted molar refractivity (Wildman–Crippen MR) is 80.0 cm³/mol. The highest BCUT2D eigenvalue weighted by molar-refractivity contribution is 8.13. The summed E-state index contributed by atoms with van der Waals surface area (Å²) < 4.78 is 5.76. The smallest absolute Gasteiger partial charge is 0.119 e. The molecule has 0 spiro atoms. The first kappa shape index (κ1) is 13.5. The van der Waals surface area contributed by atoms with Gasteiger partial charge in [-0.3, -0.25) is 4.99 Å². The fourth-order valence-corrected chi connectivity index (χ4v) is 2.78. The number of aliphatic imine (C=N–C) groups is 1. The maximum atomic E-state index is 5.76. The fraction of sp³-hybridized carbons (Fsp3) is 0.533. The van der Waals surface area contributed by atoms with Crippen molar-refractivity contribution in [1.29, 1.82) is 0 Å². The molecule has 1 aliphatic heterocycles. The van der Waals surface area contributed by atoms with Gasteiger partial charge in [-0.25, -0.2) is 0 Å². The lowest BCUT2D eigenvalue weighted by atomic mass is 10.1. The lowest BCUT2D eigenvalue weighted by molar-refractivity contribution is 0.344. The number of benzene rings is 1. The third-order valence-corrected chi connectivity index (χ3v) is 4.22. The lowest BCUT2D eigenvalue weighted by Crippen LogP contribution is -2.06. The summed E-state index contributed by atoms with van der Waals surface area (Å²) in [5.74, 6) is 1.97. The van der Waals surface area contributed by atoms with E-state index in [1.807, 2.05) is 17.8 Å². The van der Waals surface area contributed by atoms with E-state index in [4.69, 9.17) is 4.74 Å². The molecule has 0 atom stereocenters. The van der Waals surface area contributed by atoms with Crippen molar-refractivity contribution < 1.29 is 4.74 Å². The summed E-state index contributed by atoms with van der Waals surface area (Å²) >= 11 is 1.85. The second kappa shape index (κ2) is 6.83. The van der Waals surface area contributed by atoms with Gasteiger partial charge in [0.25, 0.3) is 0 Å². The summed E-state index contributed by atoms with van der Waals surface area (Å²) in [7, 11) is 0. The molecular formula is C15H21NOS. The molecule has 0 aromatic heterocycles. The Morgan fingerprint density at radius 2 is 2.11 bits per heavy atom. The van der Waals surface area contributed by atoms with Gasteiger partial charge in [-0.15, -0.1) is 11.8 Å². The number of aryl methyl sites for hydroxylation is 2. The molecule has 98 valence electrons. The molecule has 1 heterocycles. The van der Waals surface area contributed by atoms with Gasteiger partial charge in [-0.2, -0.15) is 0 Å². The van der Waals surface area contributed by atoms with Crippen molar-refractivity contribution in [2.45, 2.75) is 33.1 Å². The van der Waals surface area contributed by atoms with Gasteiger partial charge >= 0.3 is 0 Å². The third-order valence-electron chi connectivity index (χ3n) is 3.19. The maximum Gasteiger partial charge on any atom is 0.119 e. The lowest BCUT2D eigenvalue weighted by Gasteiger charge is -2.12. The van der Waals surface area contributed by atoms with Crippen molar-refractivity contribution >= 4 is 16.8 Å². The summed E-state index contributed by atoms with van der Waals surface area (Å²) in [5, 5.41) is 1.31. The average Bonchev–Trinajstić information content (AvgIpc) is 2.40. The largest absolute Gasteiger partial charge is 0.493 e. The van der Waals surface area contributed by atoms with E-state index in [-0.39, 0.29) is 0 Å². The van der Waals surface area contributed by atoms with Crippen LogP contribution in [0.25, 0.3) is 0 Å². The summed E-state index contributed by atoms with van der Waals surface area (Å²) in [6.07, 6.45) is 3.71. The molecule has 2 nitrogen and oxygen atoms in total. The molecule has 0 fully saturated rings. The van der Waals surface area contributed by atoms with Crippen LogP contribution >= 0.6 is 11.8 Å². The van der Waals surface area contributed by atoms with Gasteiger partial charge in [0, 0.05) is 12.3 Å². The number of hydrogen-bond acceptors (Lipinski definition) is 3. The summed E-state index contributed by atoms with van der Waals surface area (Å²) in [6, 6.07) is 6.27. The second-order valence-electron chi connectivity index (χ2n) is 4.68. The van der Waals surface area contributed by atoms with E-state index in [1.165, 1.54) is 29.0 Å². The summed E-state index contributed by atoms with van der Waals surface area (Å²) in [5.41, 5.74) is 2.60. The number of ether oxygens (including phenoxy) is 1. The zero-order valence-electron chi connectivity index (χ0n) is 11.2. The first-order valence-corrected chi connectivity index (χ1v) is 7.60. The van der Waals surface area contributed by atoms with Crippen LogP contribution < -0.4 is 4.74 Å². The number of rotatable bonds is 4. The molecule has 0 amide bonds. The van der Waals surface area contributed by atoms with E-state index < -0.39 is 0 Å². The van der Waals surface area contributed by atoms with Crippen molar-refractivity contribution in [2.24, 2.45) is 4.99 Å². The van der Waals surface area contributed by atoms with Gasteiger partial charge < -0.3 is 4.74 Å². The van der Waals surface area contributed by atoms with Crippen LogP contribution in [0, 0.1) is 13.8 Å². The quantitative estimate of drug-likeness (QED) is 0.766. The highest BCUT2D eigenvalue weighted by Gasteiger charge is 2.05. The SMILES string of the molecule is Cc1ccc(OCCSC2=NCCCC2)cc1C. The van der Waals surface area contributed by atoms with Crippen molar-refractivity contribution in [1.82, 2.24) is 0 Å². The molecule has 1 aromatic carbocycles. The Hall–Kier alpha value is -0.960. The van der Waals surface area contributed by atoms with Gasteiger partial charge in [0.05, 0.1) is 11.7 Å². The maximum absolute atomic E-state index is 5.76. The minimum atomic E-state index is 0.756. The van der Waals surface area contributed by atoms with Crippen molar-refractivity contribution in [3.8, 4) is 5.75 Å². The van der Waals surface area contributed by atoms with E-state index in [0.717, 1.165) is 31.1 Å². The third kappa shape index (κ3) is 4.05. The molecule has 1 aliphatic rings. The highest BCUT2D eigenvalue weighted by Crippen LogP contribution is 2.18. The van der Waals surface area contributed by atoms with Crippen LogP contribution in [0.4, 0.5) is 0 Å². The number of nitrogens with zero attached hydrogens (tertiary/aromatic N) is 1. The van der Waals surface area contributed by atoms with Crippen LogP contribution in [0.15, 0.2) is 23.2 Å². The fourth-order valence-electron chi connectivity index (χ4n) is 1.91. The van der Waals surface area contributed by atoms with Crippen LogP contribution in [-0.2, 0) is 0 Å². The van der Waals surface area contributed by atoms with Crippen molar-refractivity contribution in [3.63, 3.8) is 0 Å². The van der Waals surface area contributed by atoms with E-state index in [1.54, 1.807) is 0 Å². The van der Waals surface area contributed by atoms with Gasteiger partial charge in [-0.05, 0) is 56.4 Å². The molecule has 2 rings (SSSR count). The van der Waals surface area contributed by atoms with Crippen molar-refractivity contribution in [3.05, 3.63) is 29.3 Å². The van der Waals surface area contributed by atoms with E-state index in [9.17, 15) is 0 Å². The zero-order valence-corrected chi connectivity index (χ0v) is 12.1. The Labute approximate surface area is 114 Å². The molecular weight excluding hydrogens is 242 g/mol. The molecule has 0 bridgehead atoms. The molecule has 0 aliphatic carbocycles. The van der Waals surface area contributed by atoms with Crippen LogP contribution in [0.5, 0.6) is 5.75 Å². The summed E-state index contributed by atoms with van der Waals surface area (Å²) in [6.45, 7) is 6.01. The zero-order chi connectivity index (χ0) is 12.8. The van der Waals surface area contributed by atoms with Gasteiger partial charge in [0.1, 0.15) is 5.75 Å². The Kier molecular flexibility index (Phi) is 5.12. The van der Waals surface area contributed by atoms with E-state index in [0.29, 0.717) is 0 Å². The Morgan fingerprint density at radius 3 is 2.83 bits per heavy atom. The highest BCUT2D eigenvalue weighted by atomic mass is 32.2. The number of thioether (sulfide) groups is 1. The molecule has 0 N–H and O–H groups in total. The molecule has 18 heavy (non-hydrogen) atoms. The number of hydrogen-bond donors (Lipinski definition) is 0. The van der Waals surface area contributed by atoms with Gasteiger partial charge in [0.2, 0.25) is 0 Å². The van der Waals surface area contributed by atoms with Gasteiger partial charge in [0.15, 0.2) is 0 Å². The monoisotopic (exact) mass is 263 g/mol. The van der Waals surface area contributed by atoms with E-state index >= 15 is 0 Å². The molecule has 1 aromatic rings. The normalized spacial score (nSPS) is 15.3. The first-order valence-electron chi connectivity index (χ1n) is 6.62. The van der Waals surface area contributed by atoms with Crippen LogP contribution in [0.3, 0.4) is 0 Å². The average molecular weight is 263 g/mol. The first-order chi connectivity index (χ1) is 8.75. The Morgan fingerprint density at radius 1 is 1.22 bits per heavy atom. The molecule has 0 radical (unpaired) electrons.